The van der Waals surface area contributed by atoms with Crippen LogP contribution >= 0.6 is 11.6 Å². The van der Waals surface area contributed by atoms with Crippen molar-refractivity contribution in [3.63, 3.8) is 0 Å². The van der Waals surface area contributed by atoms with E-state index in [1.807, 2.05) is 36.4 Å². The van der Waals surface area contributed by atoms with Crippen molar-refractivity contribution in [3.05, 3.63) is 167 Å². The maximum absolute atomic E-state index is 6.42. The van der Waals surface area contributed by atoms with Crippen molar-refractivity contribution in [3.8, 4) is 28.3 Å². The zero-order chi connectivity index (χ0) is 43.2. The molecular formula is C52H64ClN7O. The number of methoxy groups -OCH3 is 1. The molecule has 0 amide bonds. The summed E-state index contributed by atoms with van der Waals surface area (Å²) < 4.78 is 5.61. The minimum absolute atomic E-state index is 0.252. The lowest BCUT2D eigenvalue weighted by Crippen LogP contribution is -2.40. The predicted molar refractivity (Wildman–Crippen MR) is 253 cm³/mol. The Balaban J connectivity index is 1.42. The largest absolute Gasteiger partial charge is 0.497 e. The fourth-order valence-electron chi connectivity index (χ4n) is 9.13. The smallest absolute Gasteiger partial charge is 0.205 e. The van der Waals surface area contributed by atoms with Gasteiger partial charge >= 0.3 is 0 Å². The van der Waals surface area contributed by atoms with Gasteiger partial charge in [0.15, 0.2) is 5.54 Å². The van der Waals surface area contributed by atoms with Gasteiger partial charge in [0.2, 0.25) is 5.82 Å². The molecule has 5 aromatic rings. The second kappa shape index (κ2) is 21.9. The molecule has 1 heterocycles. The zero-order valence-electron chi connectivity index (χ0n) is 36.4. The van der Waals surface area contributed by atoms with Crippen LogP contribution in [0.15, 0.2) is 145 Å². The van der Waals surface area contributed by atoms with Crippen LogP contribution in [-0.4, -0.2) is 44.8 Å². The molecule has 4 N–H and O–H groups in total. The fourth-order valence-corrected chi connectivity index (χ4v) is 9.31. The highest BCUT2D eigenvalue weighted by Gasteiger charge is 2.42. The number of nitrogens with zero attached hydrogens (tertiary/aromatic N) is 5. The molecule has 0 saturated heterocycles. The van der Waals surface area contributed by atoms with Crippen molar-refractivity contribution in [1.82, 2.24) is 25.1 Å². The third-order valence-corrected chi connectivity index (χ3v) is 12.7. The van der Waals surface area contributed by atoms with Crippen molar-refractivity contribution in [2.24, 2.45) is 11.5 Å². The van der Waals surface area contributed by atoms with Gasteiger partial charge in [-0.25, -0.2) is 0 Å². The molecule has 320 valence electrons. The van der Waals surface area contributed by atoms with Crippen molar-refractivity contribution in [1.29, 1.82) is 0 Å². The van der Waals surface area contributed by atoms with Gasteiger partial charge in [-0.1, -0.05) is 187 Å². The zero-order valence-corrected chi connectivity index (χ0v) is 37.2. The molecule has 0 radical (unpaired) electrons. The second-order valence-electron chi connectivity index (χ2n) is 16.1. The lowest BCUT2D eigenvalue weighted by atomic mass is 9.75. The summed E-state index contributed by atoms with van der Waals surface area (Å²) in [5.41, 5.74) is 20.3. The molecule has 1 fully saturated rings. The van der Waals surface area contributed by atoms with Crippen LogP contribution in [0.2, 0.25) is 0 Å². The van der Waals surface area contributed by atoms with E-state index in [9.17, 15) is 0 Å². The third kappa shape index (κ3) is 10.2. The Labute approximate surface area is 369 Å². The molecule has 0 aliphatic heterocycles. The summed E-state index contributed by atoms with van der Waals surface area (Å²) >= 11 is 6.42. The fraction of sp³-hybridized carbons (Fsp3) is 0.365. The van der Waals surface area contributed by atoms with Crippen LogP contribution in [0.1, 0.15) is 113 Å². The van der Waals surface area contributed by atoms with Gasteiger partial charge in [0.25, 0.3) is 0 Å². The summed E-state index contributed by atoms with van der Waals surface area (Å²) in [7, 11) is 1.68. The maximum Gasteiger partial charge on any atom is 0.205 e. The monoisotopic (exact) mass is 837 g/mol. The molecule has 1 saturated carbocycles. The van der Waals surface area contributed by atoms with E-state index >= 15 is 0 Å². The van der Waals surface area contributed by atoms with Crippen molar-refractivity contribution >= 4 is 11.6 Å². The van der Waals surface area contributed by atoms with E-state index < -0.39 is 5.54 Å². The second-order valence-corrected chi connectivity index (χ2v) is 16.5. The van der Waals surface area contributed by atoms with Gasteiger partial charge in [0, 0.05) is 24.7 Å². The maximum atomic E-state index is 6.42. The Morgan fingerprint density at radius 1 is 0.902 bits per heavy atom. The number of hydrogen-bond acceptors (Lipinski definition) is 7. The van der Waals surface area contributed by atoms with Crippen molar-refractivity contribution in [2.45, 2.75) is 109 Å². The molecule has 1 aliphatic rings. The Bertz CT molecular complexity index is 2230. The minimum atomic E-state index is -1.04. The summed E-state index contributed by atoms with van der Waals surface area (Å²) in [6.45, 7) is 13.8. The minimum Gasteiger partial charge on any atom is -0.497 e. The molecule has 0 bridgehead atoms. The van der Waals surface area contributed by atoms with E-state index in [4.69, 9.17) is 43.2 Å². The van der Waals surface area contributed by atoms with Crippen LogP contribution in [0.4, 0.5) is 0 Å². The molecule has 0 spiro atoms. The molecule has 1 aliphatic carbocycles. The first-order valence-electron chi connectivity index (χ1n) is 22.1. The molecule has 2 atom stereocenters. The number of halogens is 1. The lowest BCUT2D eigenvalue weighted by molar-refractivity contribution is 0.218. The summed E-state index contributed by atoms with van der Waals surface area (Å²) in [5, 5.41) is 15.2. The molecule has 4 aromatic carbocycles. The van der Waals surface area contributed by atoms with Gasteiger partial charge in [-0.2, -0.15) is 0 Å². The number of tetrazole rings is 1. The van der Waals surface area contributed by atoms with Gasteiger partial charge in [-0.05, 0) is 87.9 Å². The van der Waals surface area contributed by atoms with Gasteiger partial charge < -0.3 is 21.1 Å². The highest BCUT2D eigenvalue weighted by Crippen LogP contribution is 2.43. The topological polar surface area (TPSA) is 108 Å². The van der Waals surface area contributed by atoms with E-state index in [1.54, 1.807) is 18.0 Å². The Hall–Kier alpha value is -5.44. The third-order valence-electron chi connectivity index (χ3n) is 12.5. The lowest BCUT2D eigenvalue weighted by Gasteiger charge is -2.35. The average Bonchev–Trinajstić information content (AvgIpc) is 3.78. The van der Waals surface area contributed by atoms with Gasteiger partial charge in [0.1, 0.15) is 10.9 Å². The Morgan fingerprint density at radius 2 is 1.54 bits per heavy atom. The van der Waals surface area contributed by atoms with Gasteiger partial charge in [-0.15, -0.1) is 15.0 Å². The highest BCUT2D eigenvalue weighted by atomic mass is 35.5. The van der Waals surface area contributed by atoms with E-state index in [0.717, 1.165) is 76.1 Å². The molecule has 6 rings (SSSR count). The molecule has 9 heteroatoms. The number of unbranched alkanes of at least 4 members (excludes halogenated alkanes) is 1. The normalized spacial score (nSPS) is 15.8. The van der Waals surface area contributed by atoms with Crippen LogP contribution < -0.4 is 16.2 Å². The molecule has 1 aromatic heterocycles. The van der Waals surface area contributed by atoms with Crippen LogP contribution in [0.25, 0.3) is 22.5 Å². The first kappa shape index (κ1) is 45.1. The van der Waals surface area contributed by atoms with Crippen LogP contribution in [0.5, 0.6) is 5.75 Å². The van der Waals surface area contributed by atoms with Gasteiger partial charge in [0.05, 0.1) is 12.8 Å². The number of allylic oxidation sites excluding steroid dienone is 4. The average molecular weight is 839 g/mol. The summed E-state index contributed by atoms with van der Waals surface area (Å²) in [6, 6.07) is 34.3. The predicted octanol–water partition coefficient (Wildman–Crippen LogP) is 12.0. The number of aromatic nitrogens is 4. The van der Waals surface area contributed by atoms with Gasteiger partial charge in [-0.3, -0.25) is 0 Å². The van der Waals surface area contributed by atoms with E-state index in [1.165, 1.54) is 50.5 Å². The first-order chi connectivity index (χ1) is 29.8. The number of benzene rings is 4. The van der Waals surface area contributed by atoms with E-state index in [-0.39, 0.29) is 17.7 Å². The summed E-state index contributed by atoms with van der Waals surface area (Å²) in [4.78, 5) is 4.04. The number of nitrogens with two attached hydrogens (primary N) is 2. The Kier molecular flexibility index (Phi) is 16.2. The SMILES string of the molecule is C=C/C=C(\C=C)C(c1ccc(OC)cc1)(c1ccc(C2CCCCCCC2)cc1)n1nnc(-c2ccccc2-c2ccc(CN(/C(CN)=C(\N)Cl)C(CC)CCCC)cc2)n1. The standard InChI is InChI=1S/C52H64ClN7O/c1-6-10-21-45(9-4)59(49(36-54)50(53)55)37-38-24-26-41(27-25-38)47-22-16-17-23-48(47)51-56-58-60(57-51)52(42(8-3)18-7-2,44-32-34-46(61-5)35-33-44)43-30-28-40(29-31-43)39-19-14-12-11-13-15-20-39/h7-8,16-18,22-35,39,45H,2-3,6,9-15,19-21,36-37,54-55H2,1,4-5H3/b42-18+,50-49-. The van der Waals surface area contributed by atoms with Crippen molar-refractivity contribution < 1.29 is 4.74 Å². The van der Waals surface area contributed by atoms with Crippen LogP contribution in [0.3, 0.4) is 0 Å². The summed E-state index contributed by atoms with van der Waals surface area (Å²) in [6.07, 6.45) is 18.9. The molecule has 2 unspecified atom stereocenters. The Morgan fingerprint density at radius 3 is 2.11 bits per heavy atom. The van der Waals surface area contributed by atoms with E-state index in [2.05, 4.69) is 105 Å². The van der Waals surface area contributed by atoms with E-state index in [0.29, 0.717) is 18.3 Å². The quantitative estimate of drug-likeness (QED) is 0.0630. The summed E-state index contributed by atoms with van der Waals surface area (Å²) in [5.74, 6) is 1.82. The number of rotatable bonds is 19. The number of hydrogen-bond donors (Lipinski definition) is 2. The molecule has 61 heavy (non-hydrogen) atoms. The molecule has 8 nitrogen and oxygen atoms in total. The first-order valence-corrected chi connectivity index (χ1v) is 22.5. The van der Waals surface area contributed by atoms with Crippen LogP contribution in [-0.2, 0) is 12.1 Å². The molecular weight excluding hydrogens is 774 g/mol. The van der Waals surface area contributed by atoms with Crippen molar-refractivity contribution in [2.75, 3.05) is 13.7 Å². The highest BCUT2D eigenvalue weighted by molar-refractivity contribution is 6.29. The van der Waals surface area contributed by atoms with Crippen LogP contribution in [0, 0.1) is 0 Å². The number of ether oxygens (including phenoxy) is 1.